The Balaban J connectivity index is 1.83. The van der Waals surface area contributed by atoms with E-state index in [4.69, 9.17) is 10.5 Å². The Morgan fingerprint density at radius 2 is 2.15 bits per heavy atom. The van der Waals surface area contributed by atoms with E-state index in [2.05, 4.69) is 18.0 Å². The maximum atomic E-state index is 13.1. The quantitative estimate of drug-likeness (QED) is 0.861. The van der Waals surface area contributed by atoms with Gasteiger partial charge in [-0.25, -0.2) is 0 Å². The molecule has 1 aromatic carbocycles. The second kappa shape index (κ2) is 6.86. The van der Waals surface area contributed by atoms with E-state index < -0.39 is 5.91 Å². The number of H-pyrrole nitrogens is 1. The Bertz CT molecular complexity index is 843. The predicted molar refractivity (Wildman–Crippen MR) is 99.3 cm³/mol. The Hall–Kier alpha value is -2.76. The molecule has 6 nitrogen and oxygen atoms in total. The number of rotatable bonds is 5. The van der Waals surface area contributed by atoms with Crippen LogP contribution >= 0.6 is 0 Å². The molecule has 0 saturated carbocycles. The zero-order chi connectivity index (χ0) is 18.9. The number of primary amides is 1. The second-order valence-electron chi connectivity index (χ2n) is 7.24. The molecule has 0 spiro atoms. The standard InChI is InChI=1S/C20H25N3O3/c1-13-11-22-16(10-17(21)24)18(13)19(25)23-8-7-20(2,12-23)14-5-4-6-15(9-14)26-3/h4-6,9,11,22H,7-8,10,12H2,1-3H3,(H2,21,24). The lowest BCUT2D eigenvalue weighted by Gasteiger charge is -2.26. The van der Waals surface area contributed by atoms with Crippen molar-refractivity contribution in [2.45, 2.75) is 32.1 Å². The Labute approximate surface area is 153 Å². The fourth-order valence-electron chi connectivity index (χ4n) is 3.72. The first kappa shape index (κ1) is 18.0. The number of aromatic amines is 1. The number of methoxy groups -OCH3 is 1. The van der Waals surface area contributed by atoms with E-state index in [0.717, 1.165) is 23.3 Å². The predicted octanol–water partition coefficient (Wildman–Crippen LogP) is 2.16. The molecule has 1 unspecified atom stereocenters. The first-order valence-electron chi connectivity index (χ1n) is 8.73. The average molecular weight is 355 g/mol. The molecule has 1 fully saturated rings. The van der Waals surface area contributed by atoms with Crippen molar-refractivity contribution in [3.05, 3.63) is 52.8 Å². The first-order chi connectivity index (χ1) is 12.3. The number of carbonyl (C=O) groups is 2. The number of hydrogen-bond acceptors (Lipinski definition) is 3. The number of amides is 2. The SMILES string of the molecule is COc1cccc(C2(C)CCN(C(=O)c3c(C)c[nH]c3CC(N)=O)C2)c1. The molecule has 6 heteroatoms. The number of likely N-dealkylation sites (tertiary alicyclic amines) is 1. The van der Waals surface area contributed by atoms with E-state index in [1.165, 1.54) is 0 Å². The van der Waals surface area contributed by atoms with Gasteiger partial charge in [0.25, 0.3) is 5.91 Å². The minimum Gasteiger partial charge on any atom is -0.497 e. The average Bonchev–Trinajstić information content (AvgIpc) is 3.18. The lowest BCUT2D eigenvalue weighted by molar-refractivity contribution is -0.117. The third kappa shape index (κ3) is 3.31. The van der Waals surface area contributed by atoms with Crippen LogP contribution in [0, 0.1) is 6.92 Å². The number of ether oxygens (including phenoxy) is 1. The summed E-state index contributed by atoms with van der Waals surface area (Å²) in [5.41, 5.74) is 8.34. The molecule has 26 heavy (non-hydrogen) atoms. The van der Waals surface area contributed by atoms with Gasteiger partial charge < -0.3 is 20.4 Å². The summed E-state index contributed by atoms with van der Waals surface area (Å²) in [6, 6.07) is 8.01. The van der Waals surface area contributed by atoms with Crippen LogP contribution in [0.15, 0.2) is 30.5 Å². The Morgan fingerprint density at radius 1 is 1.38 bits per heavy atom. The van der Waals surface area contributed by atoms with E-state index in [1.54, 1.807) is 13.3 Å². The number of aryl methyl sites for hydroxylation is 1. The van der Waals surface area contributed by atoms with Gasteiger partial charge >= 0.3 is 0 Å². The zero-order valence-electron chi connectivity index (χ0n) is 15.5. The highest BCUT2D eigenvalue weighted by molar-refractivity contribution is 5.98. The molecule has 2 amide bonds. The number of carbonyl (C=O) groups excluding carboxylic acids is 2. The van der Waals surface area contributed by atoms with E-state index >= 15 is 0 Å². The molecule has 1 atom stereocenters. The third-order valence-corrected chi connectivity index (χ3v) is 5.25. The number of hydrogen-bond donors (Lipinski definition) is 2. The van der Waals surface area contributed by atoms with Gasteiger partial charge in [-0.15, -0.1) is 0 Å². The highest BCUT2D eigenvalue weighted by atomic mass is 16.5. The number of nitrogens with zero attached hydrogens (tertiary/aromatic N) is 1. The molecule has 0 radical (unpaired) electrons. The van der Waals surface area contributed by atoms with Crippen LogP contribution in [0.3, 0.4) is 0 Å². The van der Waals surface area contributed by atoms with Crippen molar-refractivity contribution in [1.82, 2.24) is 9.88 Å². The van der Waals surface area contributed by atoms with E-state index in [9.17, 15) is 9.59 Å². The van der Waals surface area contributed by atoms with Crippen molar-refractivity contribution in [3.63, 3.8) is 0 Å². The van der Waals surface area contributed by atoms with Gasteiger partial charge in [0.1, 0.15) is 5.75 Å². The largest absolute Gasteiger partial charge is 0.497 e. The summed E-state index contributed by atoms with van der Waals surface area (Å²) in [7, 11) is 1.65. The summed E-state index contributed by atoms with van der Waals surface area (Å²) >= 11 is 0. The van der Waals surface area contributed by atoms with E-state index in [1.807, 2.05) is 30.0 Å². The van der Waals surface area contributed by atoms with Gasteiger partial charge in [-0.2, -0.15) is 0 Å². The molecule has 1 aliphatic heterocycles. The summed E-state index contributed by atoms with van der Waals surface area (Å²) < 4.78 is 5.33. The highest BCUT2D eigenvalue weighted by Gasteiger charge is 2.38. The fraction of sp³-hybridized carbons (Fsp3) is 0.400. The summed E-state index contributed by atoms with van der Waals surface area (Å²) in [6.07, 6.45) is 2.67. The van der Waals surface area contributed by atoms with Crippen LogP contribution in [0.25, 0.3) is 0 Å². The highest BCUT2D eigenvalue weighted by Crippen LogP contribution is 2.36. The molecule has 3 rings (SSSR count). The molecule has 2 aromatic rings. The molecule has 0 aliphatic carbocycles. The minimum atomic E-state index is -0.455. The van der Waals surface area contributed by atoms with Crippen molar-refractivity contribution < 1.29 is 14.3 Å². The Kier molecular flexibility index (Phi) is 4.76. The zero-order valence-corrected chi connectivity index (χ0v) is 15.5. The van der Waals surface area contributed by atoms with Gasteiger partial charge in [-0.3, -0.25) is 9.59 Å². The topological polar surface area (TPSA) is 88.4 Å². The fourth-order valence-corrected chi connectivity index (χ4v) is 3.72. The van der Waals surface area contributed by atoms with Gasteiger partial charge in [0.05, 0.1) is 19.1 Å². The number of nitrogens with one attached hydrogen (secondary N) is 1. The maximum absolute atomic E-state index is 13.1. The second-order valence-corrected chi connectivity index (χ2v) is 7.24. The van der Waals surface area contributed by atoms with Crippen LogP contribution < -0.4 is 10.5 Å². The van der Waals surface area contributed by atoms with Gasteiger partial charge in [0.15, 0.2) is 0 Å². The van der Waals surface area contributed by atoms with Crippen molar-refractivity contribution in [1.29, 1.82) is 0 Å². The molecule has 2 heterocycles. The normalized spacial score (nSPS) is 19.6. The Morgan fingerprint density at radius 3 is 2.85 bits per heavy atom. The summed E-state index contributed by atoms with van der Waals surface area (Å²) in [5.74, 6) is 0.314. The monoisotopic (exact) mass is 355 g/mol. The molecule has 138 valence electrons. The van der Waals surface area contributed by atoms with Crippen LogP contribution in [0.5, 0.6) is 5.75 Å². The van der Waals surface area contributed by atoms with Crippen LogP contribution in [-0.4, -0.2) is 41.9 Å². The molecule has 0 bridgehead atoms. The van der Waals surface area contributed by atoms with Crippen LogP contribution in [0.4, 0.5) is 0 Å². The molecule has 3 N–H and O–H groups in total. The van der Waals surface area contributed by atoms with Crippen molar-refractivity contribution in [3.8, 4) is 5.75 Å². The van der Waals surface area contributed by atoms with Crippen LogP contribution in [0.2, 0.25) is 0 Å². The number of benzene rings is 1. The lowest BCUT2D eigenvalue weighted by atomic mass is 9.82. The van der Waals surface area contributed by atoms with Gasteiger partial charge in [-0.05, 0) is 36.6 Å². The van der Waals surface area contributed by atoms with E-state index in [0.29, 0.717) is 24.3 Å². The summed E-state index contributed by atoms with van der Waals surface area (Å²) in [4.78, 5) is 29.3. The smallest absolute Gasteiger partial charge is 0.255 e. The molecule has 1 saturated heterocycles. The number of nitrogens with two attached hydrogens (primary N) is 1. The van der Waals surface area contributed by atoms with Crippen molar-refractivity contribution in [2.24, 2.45) is 5.73 Å². The van der Waals surface area contributed by atoms with Gasteiger partial charge in [-0.1, -0.05) is 19.1 Å². The summed E-state index contributed by atoms with van der Waals surface area (Å²) in [6.45, 7) is 5.34. The number of aromatic nitrogens is 1. The van der Waals surface area contributed by atoms with Gasteiger partial charge in [0, 0.05) is 30.4 Å². The van der Waals surface area contributed by atoms with Crippen LogP contribution in [0.1, 0.15) is 40.5 Å². The minimum absolute atomic E-state index is 0.0376. The lowest BCUT2D eigenvalue weighted by Crippen LogP contribution is -2.33. The van der Waals surface area contributed by atoms with Crippen molar-refractivity contribution in [2.75, 3.05) is 20.2 Å². The maximum Gasteiger partial charge on any atom is 0.255 e. The molecule has 1 aliphatic rings. The summed E-state index contributed by atoms with van der Waals surface area (Å²) in [5, 5.41) is 0. The third-order valence-electron chi connectivity index (χ3n) is 5.25. The molecular formula is C20H25N3O3. The molecular weight excluding hydrogens is 330 g/mol. The van der Waals surface area contributed by atoms with Crippen LogP contribution in [-0.2, 0) is 16.6 Å². The van der Waals surface area contributed by atoms with Crippen molar-refractivity contribution >= 4 is 11.8 Å². The first-order valence-corrected chi connectivity index (χ1v) is 8.73. The molecule has 1 aromatic heterocycles. The van der Waals surface area contributed by atoms with Gasteiger partial charge in [0.2, 0.25) is 5.91 Å². The van der Waals surface area contributed by atoms with E-state index in [-0.39, 0.29) is 17.7 Å².